The number of nitrogens with one attached hydrogen (secondary N) is 1. The number of anilines is 1. The van der Waals surface area contributed by atoms with Crippen LogP contribution in [0.1, 0.15) is 35.7 Å². The molecule has 1 amide bonds. The number of aryl methyl sites for hydroxylation is 1. The maximum atomic E-state index is 12.2. The Kier molecular flexibility index (Phi) is 3.36. The maximum absolute atomic E-state index is 12.2. The van der Waals surface area contributed by atoms with Crippen molar-refractivity contribution in [1.29, 1.82) is 0 Å². The Balaban J connectivity index is 2.17. The van der Waals surface area contributed by atoms with E-state index in [0.29, 0.717) is 6.04 Å². The summed E-state index contributed by atoms with van der Waals surface area (Å²) in [4.78, 5) is 14.1. The number of nitrogens with zero attached hydrogens (tertiary/aromatic N) is 1. The normalized spacial score (nSPS) is 14.5. The summed E-state index contributed by atoms with van der Waals surface area (Å²) in [6.07, 6.45) is 2.30. The number of carbonyl (C=O) groups is 1. The zero-order valence-corrected chi connectivity index (χ0v) is 10.8. The van der Waals surface area contributed by atoms with Gasteiger partial charge in [-0.25, -0.2) is 0 Å². The molecule has 0 saturated heterocycles. The highest BCUT2D eigenvalue weighted by molar-refractivity contribution is 5.96. The molecule has 1 saturated carbocycles. The van der Waals surface area contributed by atoms with Gasteiger partial charge in [0, 0.05) is 30.9 Å². The molecule has 0 radical (unpaired) electrons. The lowest BCUT2D eigenvalue weighted by atomic mass is 10.1. The Morgan fingerprint density at radius 3 is 2.71 bits per heavy atom. The number of hydrogen-bond donors (Lipinski definition) is 1. The van der Waals surface area contributed by atoms with Gasteiger partial charge in [0.25, 0.3) is 5.91 Å². The zero-order valence-electron chi connectivity index (χ0n) is 10.8. The topological polar surface area (TPSA) is 32.3 Å². The average Bonchev–Trinajstić information content (AvgIpc) is 3.12. The van der Waals surface area contributed by atoms with E-state index in [4.69, 9.17) is 0 Å². The minimum absolute atomic E-state index is 0.146. The van der Waals surface area contributed by atoms with E-state index in [-0.39, 0.29) is 5.91 Å². The summed E-state index contributed by atoms with van der Waals surface area (Å²) in [6, 6.07) is 6.41. The molecule has 0 atom stereocenters. The largest absolute Gasteiger partial charge is 0.385 e. The van der Waals surface area contributed by atoms with E-state index >= 15 is 0 Å². The summed E-state index contributed by atoms with van der Waals surface area (Å²) in [5.74, 6) is 0.146. The Hall–Kier alpha value is -1.51. The van der Waals surface area contributed by atoms with Crippen LogP contribution in [-0.4, -0.2) is 30.4 Å². The number of amides is 1. The smallest absolute Gasteiger partial charge is 0.254 e. The SMILES string of the molecule is CCNc1ccc(C(=O)N(C)C2CC2)c(C)c1. The molecule has 0 heterocycles. The van der Waals surface area contributed by atoms with Gasteiger partial charge in [0.2, 0.25) is 0 Å². The molecule has 0 unspecified atom stereocenters. The van der Waals surface area contributed by atoms with Crippen molar-refractivity contribution in [2.75, 3.05) is 18.9 Å². The Labute approximate surface area is 103 Å². The predicted octanol–water partition coefficient (Wildman–Crippen LogP) is 2.66. The molecule has 1 aromatic rings. The molecule has 0 bridgehead atoms. The molecule has 17 heavy (non-hydrogen) atoms. The van der Waals surface area contributed by atoms with Gasteiger partial charge in [0.15, 0.2) is 0 Å². The highest BCUT2D eigenvalue weighted by atomic mass is 16.2. The van der Waals surface area contributed by atoms with Gasteiger partial charge in [0.05, 0.1) is 0 Å². The van der Waals surface area contributed by atoms with Crippen molar-refractivity contribution >= 4 is 11.6 Å². The summed E-state index contributed by atoms with van der Waals surface area (Å²) in [7, 11) is 1.90. The average molecular weight is 232 g/mol. The summed E-state index contributed by atoms with van der Waals surface area (Å²) >= 11 is 0. The Morgan fingerprint density at radius 1 is 1.47 bits per heavy atom. The van der Waals surface area contributed by atoms with Crippen LogP contribution in [-0.2, 0) is 0 Å². The van der Waals surface area contributed by atoms with Crippen molar-refractivity contribution in [3.05, 3.63) is 29.3 Å². The van der Waals surface area contributed by atoms with Crippen molar-refractivity contribution < 1.29 is 4.79 Å². The van der Waals surface area contributed by atoms with Gasteiger partial charge in [-0.2, -0.15) is 0 Å². The second kappa shape index (κ2) is 4.78. The summed E-state index contributed by atoms with van der Waals surface area (Å²) in [6.45, 7) is 4.96. The first-order chi connectivity index (χ1) is 8.13. The van der Waals surface area contributed by atoms with Gasteiger partial charge < -0.3 is 10.2 Å². The lowest BCUT2D eigenvalue weighted by Gasteiger charge is -2.18. The third-order valence-electron chi connectivity index (χ3n) is 3.25. The van der Waals surface area contributed by atoms with Crippen LogP contribution in [0.5, 0.6) is 0 Å². The van der Waals surface area contributed by atoms with E-state index in [2.05, 4.69) is 12.2 Å². The molecular formula is C14H20N2O. The molecule has 2 rings (SSSR count). The zero-order chi connectivity index (χ0) is 12.4. The van der Waals surface area contributed by atoms with Crippen LogP contribution in [0.4, 0.5) is 5.69 Å². The maximum Gasteiger partial charge on any atom is 0.254 e. The van der Waals surface area contributed by atoms with Crippen LogP contribution in [0.15, 0.2) is 18.2 Å². The molecule has 0 spiro atoms. The molecule has 1 N–H and O–H groups in total. The van der Waals surface area contributed by atoms with E-state index in [1.807, 2.05) is 37.1 Å². The molecule has 1 fully saturated rings. The van der Waals surface area contributed by atoms with E-state index in [0.717, 1.165) is 36.2 Å². The molecule has 92 valence electrons. The highest BCUT2D eigenvalue weighted by Gasteiger charge is 2.30. The molecular weight excluding hydrogens is 212 g/mol. The predicted molar refractivity (Wildman–Crippen MR) is 70.5 cm³/mol. The first kappa shape index (κ1) is 12.0. The van der Waals surface area contributed by atoms with Crippen LogP contribution in [0.2, 0.25) is 0 Å². The van der Waals surface area contributed by atoms with Crippen molar-refractivity contribution in [2.24, 2.45) is 0 Å². The number of rotatable bonds is 4. The lowest BCUT2D eigenvalue weighted by molar-refractivity contribution is 0.0784. The van der Waals surface area contributed by atoms with Crippen LogP contribution >= 0.6 is 0 Å². The molecule has 0 aromatic heterocycles. The summed E-state index contributed by atoms with van der Waals surface area (Å²) < 4.78 is 0. The first-order valence-corrected chi connectivity index (χ1v) is 6.25. The fraction of sp³-hybridized carbons (Fsp3) is 0.500. The quantitative estimate of drug-likeness (QED) is 0.865. The summed E-state index contributed by atoms with van der Waals surface area (Å²) in [5, 5.41) is 3.25. The van der Waals surface area contributed by atoms with Crippen molar-refractivity contribution in [1.82, 2.24) is 4.90 Å². The Bertz CT molecular complexity index is 424. The van der Waals surface area contributed by atoms with Gasteiger partial charge in [-0.15, -0.1) is 0 Å². The monoisotopic (exact) mass is 232 g/mol. The Morgan fingerprint density at radius 2 is 2.18 bits per heavy atom. The second-order valence-electron chi connectivity index (χ2n) is 4.71. The summed E-state index contributed by atoms with van der Waals surface area (Å²) in [5.41, 5.74) is 2.94. The second-order valence-corrected chi connectivity index (χ2v) is 4.71. The minimum atomic E-state index is 0.146. The first-order valence-electron chi connectivity index (χ1n) is 6.25. The molecule has 3 nitrogen and oxygen atoms in total. The van der Waals surface area contributed by atoms with Crippen molar-refractivity contribution in [3.8, 4) is 0 Å². The van der Waals surface area contributed by atoms with Crippen molar-refractivity contribution in [2.45, 2.75) is 32.7 Å². The third-order valence-corrected chi connectivity index (χ3v) is 3.25. The number of benzene rings is 1. The number of carbonyl (C=O) groups excluding carboxylic acids is 1. The molecule has 1 aliphatic rings. The van der Waals surface area contributed by atoms with E-state index in [1.54, 1.807) is 0 Å². The van der Waals surface area contributed by atoms with Gasteiger partial charge >= 0.3 is 0 Å². The van der Waals surface area contributed by atoms with Gasteiger partial charge in [0.1, 0.15) is 0 Å². The van der Waals surface area contributed by atoms with E-state index in [9.17, 15) is 4.79 Å². The third kappa shape index (κ3) is 2.60. The standard InChI is InChI=1S/C14H20N2O/c1-4-15-11-5-8-13(10(2)9-11)14(17)16(3)12-6-7-12/h5,8-9,12,15H,4,6-7H2,1-3H3. The fourth-order valence-electron chi connectivity index (χ4n) is 2.04. The molecule has 1 aromatic carbocycles. The van der Waals surface area contributed by atoms with Crippen LogP contribution in [0.25, 0.3) is 0 Å². The van der Waals surface area contributed by atoms with Crippen LogP contribution in [0, 0.1) is 6.92 Å². The molecule has 0 aliphatic heterocycles. The molecule has 3 heteroatoms. The minimum Gasteiger partial charge on any atom is -0.385 e. The highest BCUT2D eigenvalue weighted by Crippen LogP contribution is 2.27. The van der Waals surface area contributed by atoms with Gasteiger partial charge in [-0.1, -0.05) is 0 Å². The lowest BCUT2D eigenvalue weighted by Crippen LogP contribution is -2.29. The van der Waals surface area contributed by atoms with Gasteiger partial charge in [-0.3, -0.25) is 4.79 Å². The number of hydrogen-bond acceptors (Lipinski definition) is 2. The van der Waals surface area contributed by atoms with E-state index in [1.165, 1.54) is 0 Å². The van der Waals surface area contributed by atoms with Crippen molar-refractivity contribution in [3.63, 3.8) is 0 Å². The van der Waals surface area contributed by atoms with Gasteiger partial charge in [-0.05, 0) is 50.5 Å². The van der Waals surface area contributed by atoms with E-state index < -0.39 is 0 Å². The fourth-order valence-corrected chi connectivity index (χ4v) is 2.04. The van der Waals surface area contributed by atoms with Crippen LogP contribution in [0.3, 0.4) is 0 Å². The van der Waals surface area contributed by atoms with Crippen LogP contribution < -0.4 is 5.32 Å². The molecule has 1 aliphatic carbocycles.